The molecule has 1 unspecified atom stereocenters. The van der Waals surface area contributed by atoms with Gasteiger partial charge in [0.1, 0.15) is 5.54 Å². The Morgan fingerprint density at radius 3 is 2.71 bits per heavy atom. The van der Waals surface area contributed by atoms with Crippen LogP contribution >= 0.6 is 0 Å². The average Bonchev–Trinajstić information content (AvgIpc) is 2.96. The Labute approximate surface area is 124 Å². The number of nitrogens with one attached hydrogen (secondary N) is 1. The second-order valence-corrected chi connectivity index (χ2v) is 6.23. The summed E-state index contributed by atoms with van der Waals surface area (Å²) in [4.78, 5) is 38.9. The molecule has 7 heteroatoms. The second kappa shape index (κ2) is 6.01. The molecule has 2 heterocycles. The van der Waals surface area contributed by atoms with Gasteiger partial charge in [0, 0.05) is 32.1 Å². The summed E-state index contributed by atoms with van der Waals surface area (Å²) in [6, 6.07) is -0.230. The molecule has 118 valence electrons. The molecular weight excluding hydrogens is 272 g/mol. The Kier molecular flexibility index (Phi) is 4.51. The van der Waals surface area contributed by atoms with Crippen LogP contribution in [0.3, 0.4) is 0 Å². The lowest BCUT2D eigenvalue weighted by Crippen LogP contribution is -2.41. The Morgan fingerprint density at radius 2 is 2.14 bits per heavy atom. The van der Waals surface area contributed by atoms with Crippen LogP contribution in [0, 0.1) is 0 Å². The van der Waals surface area contributed by atoms with Gasteiger partial charge < -0.3 is 16.0 Å². The highest BCUT2D eigenvalue weighted by atomic mass is 16.2. The Morgan fingerprint density at radius 1 is 1.43 bits per heavy atom. The molecule has 0 aromatic heterocycles. The zero-order chi connectivity index (χ0) is 15.6. The summed E-state index contributed by atoms with van der Waals surface area (Å²) in [5, 5.41) is 2.63. The van der Waals surface area contributed by atoms with E-state index in [1.54, 1.807) is 13.8 Å². The van der Waals surface area contributed by atoms with E-state index in [0.717, 1.165) is 19.4 Å². The maximum absolute atomic E-state index is 12.1. The fraction of sp³-hybridized carbons (Fsp3) is 0.786. The van der Waals surface area contributed by atoms with Gasteiger partial charge in [-0.3, -0.25) is 14.5 Å². The first kappa shape index (κ1) is 15.8. The van der Waals surface area contributed by atoms with Gasteiger partial charge in [-0.25, -0.2) is 4.79 Å². The van der Waals surface area contributed by atoms with Crippen LogP contribution < -0.4 is 11.1 Å². The molecule has 7 nitrogen and oxygen atoms in total. The number of likely N-dealkylation sites (tertiary alicyclic amines) is 1. The summed E-state index contributed by atoms with van der Waals surface area (Å²) in [5.74, 6) is -0.171. The van der Waals surface area contributed by atoms with Crippen molar-refractivity contribution < 1.29 is 14.4 Å². The van der Waals surface area contributed by atoms with E-state index in [2.05, 4.69) is 5.32 Å². The third-order valence-electron chi connectivity index (χ3n) is 4.19. The van der Waals surface area contributed by atoms with Gasteiger partial charge in [0.05, 0.1) is 0 Å². The largest absolute Gasteiger partial charge is 0.338 e. The summed E-state index contributed by atoms with van der Waals surface area (Å²) in [6.07, 6.45) is 2.79. The predicted octanol–water partition coefficient (Wildman–Crippen LogP) is 0.0467. The monoisotopic (exact) mass is 296 g/mol. The highest BCUT2D eigenvalue weighted by molar-refractivity contribution is 6.06. The SMILES string of the molecule is CC1(C)NC(=O)N(CCCC(=O)N2CCCC2CN)C1=O. The van der Waals surface area contributed by atoms with Crippen LogP contribution in [-0.2, 0) is 9.59 Å². The molecule has 2 rings (SSSR count). The van der Waals surface area contributed by atoms with Gasteiger partial charge in [-0.15, -0.1) is 0 Å². The molecule has 0 aromatic rings. The van der Waals surface area contributed by atoms with Crippen LogP contribution in [0.2, 0.25) is 0 Å². The van der Waals surface area contributed by atoms with E-state index in [4.69, 9.17) is 5.73 Å². The third-order valence-corrected chi connectivity index (χ3v) is 4.19. The highest BCUT2D eigenvalue weighted by Crippen LogP contribution is 2.19. The lowest BCUT2D eigenvalue weighted by atomic mass is 10.1. The van der Waals surface area contributed by atoms with Crippen molar-refractivity contribution in [2.45, 2.75) is 51.1 Å². The number of hydrogen-bond acceptors (Lipinski definition) is 4. The minimum Gasteiger partial charge on any atom is -0.338 e. The predicted molar refractivity (Wildman–Crippen MR) is 77.3 cm³/mol. The third kappa shape index (κ3) is 3.18. The van der Waals surface area contributed by atoms with Crippen molar-refractivity contribution in [2.75, 3.05) is 19.6 Å². The number of nitrogens with zero attached hydrogens (tertiary/aromatic N) is 2. The van der Waals surface area contributed by atoms with Crippen molar-refractivity contribution in [3.8, 4) is 0 Å². The number of rotatable bonds is 5. The minimum atomic E-state index is -0.847. The van der Waals surface area contributed by atoms with Gasteiger partial charge in [0.25, 0.3) is 5.91 Å². The molecule has 0 radical (unpaired) electrons. The molecule has 0 spiro atoms. The average molecular weight is 296 g/mol. The van der Waals surface area contributed by atoms with Crippen LogP contribution in [0.1, 0.15) is 39.5 Å². The standard InChI is InChI=1S/C14H24N4O3/c1-14(2)12(20)18(13(21)16-14)8-4-6-11(19)17-7-3-5-10(17)9-15/h10H,3-9,15H2,1-2H3,(H,16,21). The van der Waals surface area contributed by atoms with Crippen LogP contribution in [-0.4, -0.2) is 58.9 Å². The van der Waals surface area contributed by atoms with Crippen molar-refractivity contribution >= 4 is 17.8 Å². The summed E-state index contributed by atoms with van der Waals surface area (Å²) in [5.41, 5.74) is 4.81. The normalized spacial score (nSPS) is 24.6. The molecule has 0 saturated carbocycles. The number of carbonyl (C=O) groups is 3. The molecule has 0 aromatic carbocycles. The maximum Gasteiger partial charge on any atom is 0.325 e. The van der Waals surface area contributed by atoms with Crippen molar-refractivity contribution in [2.24, 2.45) is 5.73 Å². The smallest absolute Gasteiger partial charge is 0.325 e. The van der Waals surface area contributed by atoms with E-state index in [1.165, 1.54) is 4.90 Å². The van der Waals surface area contributed by atoms with E-state index in [9.17, 15) is 14.4 Å². The Bertz CT molecular complexity index is 450. The molecule has 4 amide bonds. The Hall–Kier alpha value is -1.63. The maximum atomic E-state index is 12.1. The van der Waals surface area contributed by atoms with Gasteiger partial charge in [-0.1, -0.05) is 0 Å². The molecule has 2 aliphatic rings. The molecular formula is C14H24N4O3. The van der Waals surface area contributed by atoms with Crippen LogP contribution in [0.25, 0.3) is 0 Å². The minimum absolute atomic E-state index is 0.0641. The fourth-order valence-corrected chi connectivity index (χ4v) is 2.96. The summed E-state index contributed by atoms with van der Waals surface area (Å²) >= 11 is 0. The van der Waals surface area contributed by atoms with E-state index >= 15 is 0 Å². The van der Waals surface area contributed by atoms with Gasteiger partial charge in [0.15, 0.2) is 0 Å². The summed E-state index contributed by atoms with van der Waals surface area (Å²) in [7, 11) is 0. The molecule has 0 aliphatic carbocycles. The van der Waals surface area contributed by atoms with Crippen LogP contribution in [0.5, 0.6) is 0 Å². The van der Waals surface area contributed by atoms with E-state index in [-0.39, 0.29) is 30.4 Å². The molecule has 2 aliphatic heterocycles. The first-order valence-electron chi connectivity index (χ1n) is 7.50. The van der Waals surface area contributed by atoms with Gasteiger partial charge in [-0.05, 0) is 33.1 Å². The molecule has 1 atom stereocenters. The molecule has 21 heavy (non-hydrogen) atoms. The first-order valence-corrected chi connectivity index (χ1v) is 7.50. The topological polar surface area (TPSA) is 95.7 Å². The Balaban J connectivity index is 1.81. The first-order chi connectivity index (χ1) is 9.86. The number of carbonyl (C=O) groups excluding carboxylic acids is 3. The summed E-state index contributed by atoms with van der Waals surface area (Å²) in [6.45, 7) is 4.88. The fourth-order valence-electron chi connectivity index (χ4n) is 2.96. The number of amides is 4. The van der Waals surface area contributed by atoms with E-state index < -0.39 is 5.54 Å². The lowest BCUT2D eigenvalue weighted by Gasteiger charge is -2.24. The van der Waals surface area contributed by atoms with Gasteiger partial charge in [-0.2, -0.15) is 0 Å². The second-order valence-electron chi connectivity index (χ2n) is 6.23. The number of urea groups is 1. The van der Waals surface area contributed by atoms with Crippen molar-refractivity contribution in [1.29, 1.82) is 0 Å². The number of imide groups is 1. The zero-order valence-corrected chi connectivity index (χ0v) is 12.7. The highest BCUT2D eigenvalue weighted by Gasteiger charge is 2.43. The zero-order valence-electron chi connectivity index (χ0n) is 12.7. The summed E-state index contributed by atoms with van der Waals surface area (Å²) < 4.78 is 0. The van der Waals surface area contributed by atoms with Gasteiger partial charge in [0.2, 0.25) is 5.91 Å². The van der Waals surface area contributed by atoms with Crippen molar-refractivity contribution in [3.63, 3.8) is 0 Å². The van der Waals surface area contributed by atoms with E-state index in [0.29, 0.717) is 19.4 Å². The van der Waals surface area contributed by atoms with Crippen LogP contribution in [0.15, 0.2) is 0 Å². The van der Waals surface area contributed by atoms with Crippen molar-refractivity contribution in [3.05, 3.63) is 0 Å². The molecule has 2 fully saturated rings. The number of nitrogens with two attached hydrogens (primary N) is 1. The molecule has 2 saturated heterocycles. The lowest BCUT2D eigenvalue weighted by molar-refractivity contribution is -0.133. The quantitative estimate of drug-likeness (QED) is 0.701. The molecule has 3 N–H and O–H groups in total. The van der Waals surface area contributed by atoms with Crippen LogP contribution in [0.4, 0.5) is 4.79 Å². The van der Waals surface area contributed by atoms with Gasteiger partial charge >= 0.3 is 6.03 Å². The molecule has 0 bridgehead atoms. The van der Waals surface area contributed by atoms with E-state index in [1.807, 2.05) is 4.90 Å². The number of hydrogen-bond donors (Lipinski definition) is 2. The van der Waals surface area contributed by atoms with Crippen molar-refractivity contribution in [1.82, 2.24) is 15.1 Å².